The van der Waals surface area contributed by atoms with E-state index in [1.54, 1.807) is 18.2 Å². The summed E-state index contributed by atoms with van der Waals surface area (Å²) in [5.74, 6) is -1.29. The second-order valence-corrected chi connectivity index (χ2v) is 9.02. The van der Waals surface area contributed by atoms with Crippen LogP contribution in [0.3, 0.4) is 0 Å². The lowest BCUT2D eigenvalue weighted by molar-refractivity contribution is -0.385. The molecule has 0 heterocycles. The predicted molar refractivity (Wildman–Crippen MR) is 144 cm³/mol. The Morgan fingerprint density at radius 3 is 2.41 bits per heavy atom. The van der Waals surface area contributed by atoms with Crippen molar-refractivity contribution in [3.8, 4) is 11.5 Å². The Hall–Kier alpha value is -4.47. The molecule has 0 saturated carbocycles. The molecule has 0 saturated heterocycles. The van der Waals surface area contributed by atoms with Gasteiger partial charge in [0, 0.05) is 36.7 Å². The molecule has 0 radical (unpaired) electrons. The normalized spacial score (nSPS) is 12.2. The number of hydrogen-bond donors (Lipinski definition) is 1. The first-order valence-electron chi connectivity index (χ1n) is 12.6. The van der Waals surface area contributed by atoms with Gasteiger partial charge in [-0.2, -0.15) is 0 Å². The van der Waals surface area contributed by atoms with Crippen molar-refractivity contribution in [1.82, 2.24) is 10.2 Å². The van der Waals surface area contributed by atoms with Gasteiger partial charge in [-0.15, -0.1) is 0 Å². The smallest absolute Gasteiger partial charge is 0.311 e. The number of hydrogen-bond acceptors (Lipinski definition) is 6. The zero-order valence-corrected chi connectivity index (χ0v) is 22.1. The molecular formula is C29H32FN3O6. The minimum Gasteiger partial charge on any atom is -0.490 e. The largest absolute Gasteiger partial charge is 0.490 e. The van der Waals surface area contributed by atoms with E-state index in [0.717, 1.165) is 5.56 Å². The molecule has 0 spiro atoms. The Kier molecular flexibility index (Phi) is 10.4. The predicted octanol–water partition coefficient (Wildman–Crippen LogP) is 4.68. The SMILES string of the molecule is CC[C@@H](C)NC(=O)[C@H](Cc1ccccc1)N(Cc1ccccc1F)C(=O)COc1ccc([N+](=O)[O-])c(OC)c1. The van der Waals surface area contributed by atoms with Crippen LogP contribution in [0.4, 0.5) is 10.1 Å². The van der Waals surface area contributed by atoms with E-state index in [9.17, 15) is 24.1 Å². The first-order valence-corrected chi connectivity index (χ1v) is 12.6. The van der Waals surface area contributed by atoms with Gasteiger partial charge in [0.25, 0.3) is 5.91 Å². The summed E-state index contributed by atoms with van der Waals surface area (Å²) in [6.07, 6.45) is 0.894. The molecule has 0 bridgehead atoms. The summed E-state index contributed by atoms with van der Waals surface area (Å²) in [5, 5.41) is 14.1. The molecule has 2 amide bonds. The number of carbonyl (C=O) groups is 2. The second kappa shape index (κ2) is 13.9. The molecule has 2 atom stereocenters. The highest BCUT2D eigenvalue weighted by atomic mass is 19.1. The summed E-state index contributed by atoms with van der Waals surface area (Å²) in [4.78, 5) is 39.0. The van der Waals surface area contributed by atoms with Crippen LogP contribution in [0.1, 0.15) is 31.4 Å². The van der Waals surface area contributed by atoms with Crippen molar-refractivity contribution in [3.05, 3.63) is 99.9 Å². The topological polar surface area (TPSA) is 111 Å². The number of carbonyl (C=O) groups excluding carboxylic acids is 2. The van der Waals surface area contributed by atoms with E-state index in [-0.39, 0.29) is 47.7 Å². The number of nitro benzene ring substituents is 1. The van der Waals surface area contributed by atoms with E-state index in [4.69, 9.17) is 9.47 Å². The average molecular weight is 538 g/mol. The van der Waals surface area contributed by atoms with E-state index in [0.29, 0.717) is 6.42 Å². The Labute approximate surface area is 226 Å². The van der Waals surface area contributed by atoms with Gasteiger partial charge in [-0.05, 0) is 31.0 Å². The van der Waals surface area contributed by atoms with Gasteiger partial charge in [0.1, 0.15) is 17.6 Å². The van der Waals surface area contributed by atoms with Crippen molar-refractivity contribution in [3.63, 3.8) is 0 Å². The number of rotatable bonds is 13. The van der Waals surface area contributed by atoms with Crippen molar-refractivity contribution in [2.45, 2.75) is 45.3 Å². The molecule has 0 unspecified atom stereocenters. The van der Waals surface area contributed by atoms with Crippen LogP contribution in [-0.2, 0) is 22.6 Å². The van der Waals surface area contributed by atoms with Gasteiger partial charge in [-0.1, -0.05) is 55.5 Å². The van der Waals surface area contributed by atoms with Gasteiger partial charge < -0.3 is 19.7 Å². The highest BCUT2D eigenvalue weighted by Gasteiger charge is 2.32. The number of nitro groups is 1. The van der Waals surface area contributed by atoms with Crippen molar-refractivity contribution in [2.75, 3.05) is 13.7 Å². The molecule has 3 aromatic carbocycles. The lowest BCUT2D eigenvalue weighted by Crippen LogP contribution is -2.53. The number of benzene rings is 3. The Bertz CT molecular complexity index is 1290. The minimum absolute atomic E-state index is 0.0250. The molecule has 10 heteroatoms. The van der Waals surface area contributed by atoms with Crippen LogP contribution >= 0.6 is 0 Å². The van der Waals surface area contributed by atoms with Crippen LogP contribution in [0.25, 0.3) is 0 Å². The maximum Gasteiger partial charge on any atom is 0.311 e. The molecule has 3 rings (SSSR count). The third-order valence-corrected chi connectivity index (χ3v) is 6.28. The number of methoxy groups -OCH3 is 1. The fourth-order valence-electron chi connectivity index (χ4n) is 3.93. The van der Waals surface area contributed by atoms with Crippen molar-refractivity contribution in [1.29, 1.82) is 0 Å². The highest BCUT2D eigenvalue weighted by molar-refractivity contribution is 5.88. The molecule has 0 aliphatic rings. The molecule has 9 nitrogen and oxygen atoms in total. The quantitative estimate of drug-likeness (QED) is 0.250. The first-order chi connectivity index (χ1) is 18.7. The lowest BCUT2D eigenvalue weighted by Gasteiger charge is -2.32. The molecular weight excluding hydrogens is 505 g/mol. The fraction of sp³-hybridized carbons (Fsp3) is 0.310. The van der Waals surface area contributed by atoms with Gasteiger partial charge in [-0.25, -0.2) is 4.39 Å². The molecule has 39 heavy (non-hydrogen) atoms. The van der Waals surface area contributed by atoms with E-state index in [2.05, 4.69) is 5.32 Å². The molecule has 206 valence electrons. The first kappa shape index (κ1) is 29.1. The third-order valence-electron chi connectivity index (χ3n) is 6.28. The van der Waals surface area contributed by atoms with Gasteiger partial charge in [0.15, 0.2) is 6.61 Å². The molecule has 0 aliphatic carbocycles. The van der Waals surface area contributed by atoms with Crippen LogP contribution in [0.15, 0.2) is 72.8 Å². The monoisotopic (exact) mass is 537 g/mol. The molecule has 0 aromatic heterocycles. The number of halogens is 1. The van der Waals surface area contributed by atoms with E-state index in [1.807, 2.05) is 44.2 Å². The van der Waals surface area contributed by atoms with E-state index < -0.39 is 29.3 Å². The van der Waals surface area contributed by atoms with Crippen LogP contribution in [0.2, 0.25) is 0 Å². The van der Waals surface area contributed by atoms with E-state index >= 15 is 0 Å². The fourth-order valence-corrected chi connectivity index (χ4v) is 3.93. The summed E-state index contributed by atoms with van der Waals surface area (Å²) in [7, 11) is 1.29. The summed E-state index contributed by atoms with van der Waals surface area (Å²) in [5.41, 5.74) is 0.827. The van der Waals surface area contributed by atoms with Crippen molar-refractivity contribution >= 4 is 17.5 Å². The third kappa shape index (κ3) is 8.00. The number of nitrogens with zero attached hydrogens (tertiary/aromatic N) is 2. The standard InChI is InChI=1S/C29H32FN3O6/c1-4-20(2)31-29(35)26(16-21-10-6-5-7-11-21)32(18-22-12-8-9-13-24(22)30)28(34)19-39-23-14-15-25(33(36)37)27(17-23)38-3/h5-15,17,20,26H,4,16,18-19H2,1-3H3,(H,31,35)/t20-,26+/m1/s1. The zero-order chi connectivity index (χ0) is 28.4. The van der Waals surface area contributed by atoms with E-state index in [1.165, 1.54) is 36.3 Å². The molecule has 1 N–H and O–H groups in total. The average Bonchev–Trinajstić information content (AvgIpc) is 2.94. The van der Waals surface area contributed by atoms with Crippen LogP contribution in [-0.4, -0.2) is 47.4 Å². The summed E-state index contributed by atoms with van der Waals surface area (Å²) in [6, 6.07) is 18.1. The molecule has 3 aromatic rings. The number of ether oxygens (including phenoxy) is 2. The summed E-state index contributed by atoms with van der Waals surface area (Å²) in [6.45, 7) is 3.15. The highest BCUT2D eigenvalue weighted by Crippen LogP contribution is 2.31. The van der Waals surface area contributed by atoms with Crippen molar-refractivity contribution in [2.24, 2.45) is 0 Å². The second-order valence-electron chi connectivity index (χ2n) is 9.02. The van der Waals surface area contributed by atoms with Gasteiger partial charge in [0.05, 0.1) is 12.0 Å². The summed E-state index contributed by atoms with van der Waals surface area (Å²) < 4.78 is 25.4. The lowest BCUT2D eigenvalue weighted by atomic mass is 10.0. The number of nitrogens with one attached hydrogen (secondary N) is 1. The summed E-state index contributed by atoms with van der Waals surface area (Å²) >= 11 is 0. The van der Waals surface area contributed by atoms with Crippen LogP contribution in [0, 0.1) is 15.9 Å². The Balaban J connectivity index is 1.93. The Morgan fingerprint density at radius 2 is 1.77 bits per heavy atom. The zero-order valence-electron chi connectivity index (χ0n) is 22.1. The van der Waals surface area contributed by atoms with Crippen LogP contribution < -0.4 is 14.8 Å². The van der Waals surface area contributed by atoms with Gasteiger partial charge in [-0.3, -0.25) is 19.7 Å². The molecule has 0 fully saturated rings. The Morgan fingerprint density at radius 1 is 1.08 bits per heavy atom. The van der Waals surface area contributed by atoms with Gasteiger partial charge >= 0.3 is 5.69 Å². The van der Waals surface area contributed by atoms with Crippen molar-refractivity contribution < 1.29 is 28.4 Å². The van der Waals surface area contributed by atoms with Gasteiger partial charge in [0.2, 0.25) is 11.7 Å². The number of amides is 2. The van der Waals surface area contributed by atoms with Crippen LogP contribution in [0.5, 0.6) is 11.5 Å². The maximum atomic E-state index is 14.7. The maximum absolute atomic E-state index is 14.7. The minimum atomic E-state index is -0.955. The molecule has 0 aliphatic heterocycles.